The zero-order valence-electron chi connectivity index (χ0n) is 24.9. The van der Waals surface area contributed by atoms with Crippen LogP contribution in [0.15, 0.2) is 146 Å². The second-order valence-electron chi connectivity index (χ2n) is 11.3. The SMILES string of the molecule is c1ccc(-c2cccc(-c3nc(-c4ccccc4)nc(-c4cc5c(-c6ccccc6)nc6ccccc6c5c5nsnc45)n3)c2)cc1. The van der Waals surface area contributed by atoms with Crippen molar-refractivity contribution in [1.82, 2.24) is 28.7 Å². The summed E-state index contributed by atoms with van der Waals surface area (Å²) in [4.78, 5) is 20.4. The van der Waals surface area contributed by atoms with Gasteiger partial charge in [-0.2, -0.15) is 8.75 Å². The van der Waals surface area contributed by atoms with E-state index >= 15 is 0 Å². The Bertz CT molecular complexity index is 2570. The summed E-state index contributed by atoms with van der Waals surface area (Å²) in [5, 5.41) is 3.03. The number of hydrogen-bond acceptors (Lipinski definition) is 7. The van der Waals surface area contributed by atoms with Gasteiger partial charge in [0.15, 0.2) is 17.5 Å². The average molecular weight is 621 g/mol. The van der Waals surface area contributed by atoms with Crippen LogP contribution in [0.3, 0.4) is 0 Å². The molecule has 0 saturated heterocycles. The number of aromatic nitrogens is 6. The summed E-state index contributed by atoms with van der Waals surface area (Å²) < 4.78 is 9.68. The molecule has 7 heteroatoms. The lowest BCUT2D eigenvalue weighted by Crippen LogP contribution is -2.01. The molecule has 0 unspecified atom stereocenters. The van der Waals surface area contributed by atoms with Gasteiger partial charge in [0.1, 0.15) is 11.0 Å². The molecule has 0 fully saturated rings. The Hall–Kier alpha value is -6.18. The zero-order valence-corrected chi connectivity index (χ0v) is 25.8. The topological polar surface area (TPSA) is 77.3 Å². The van der Waals surface area contributed by atoms with E-state index in [1.807, 2.05) is 91.0 Å². The van der Waals surface area contributed by atoms with Gasteiger partial charge in [-0.05, 0) is 29.3 Å². The van der Waals surface area contributed by atoms with Gasteiger partial charge in [0.25, 0.3) is 0 Å². The van der Waals surface area contributed by atoms with Crippen LogP contribution >= 0.6 is 11.7 Å². The lowest BCUT2D eigenvalue weighted by atomic mass is 9.96. The highest BCUT2D eigenvalue weighted by Crippen LogP contribution is 2.40. The van der Waals surface area contributed by atoms with E-state index in [-0.39, 0.29) is 0 Å². The molecule has 0 atom stereocenters. The van der Waals surface area contributed by atoms with Crippen LogP contribution in [0, 0.1) is 0 Å². The van der Waals surface area contributed by atoms with Crippen molar-refractivity contribution in [3.05, 3.63) is 146 Å². The van der Waals surface area contributed by atoms with E-state index in [1.54, 1.807) is 0 Å². The van der Waals surface area contributed by atoms with Crippen LogP contribution in [0.2, 0.25) is 0 Å². The van der Waals surface area contributed by atoms with E-state index in [0.29, 0.717) is 17.5 Å². The molecule has 9 rings (SSSR count). The van der Waals surface area contributed by atoms with E-state index in [4.69, 9.17) is 28.7 Å². The lowest BCUT2D eigenvalue weighted by Gasteiger charge is -2.13. The third kappa shape index (κ3) is 4.81. The maximum Gasteiger partial charge on any atom is 0.166 e. The Balaban J connectivity index is 1.34. The van der Waals surface area contributed by atoms with Gasteiger partial charge in [-0.1, -0.05) is 127 Å². The predicted octanol–water partition coefficient (Wildman–Crippen LogP) is 9.91. The Kier molecular flexibility index (Phi) is 6.54. The third-order valence-electron chi connectivity index (χ3n) is 8.38. The Labute approximate surface area is 274 Å². The second-order valence-corrected chi connectivity index (χ2v) is 11.8. The molecule has 3 aromatic heterocycles. The van der Waals surface area contributed by atoms with Gasteiger partial charge in [-0.15, -0.1) is 0 Å². The zero-order chi connectivity index (χ0) is 31.2. The molecule has 0 N–H and O–H groups in total. The van der Waals surface area contributed by atoms with Crippen molar-refractivity contribution in [3.63, 3.8) is 0 Å². The van der Waals surface area contributed by atoms with E-state index in [2.05, 4.69) is 54.6 Å². The molecule has 9 aromatic rings. The molecule has 0 saturated carbocycles. The van der Waals surface area contributed by atoms with Crippen LogP contribution in [0.4, 0.5) is 0 Å². The number of rotatable bonds is 5. The largest absolute Gasteiger partial charge is 0.247 e. The molecule has 0 aliphatic rings. The molecule has 47 heavy (non-hydrogen) atoms. The van der Waals surface area contributed by atoms with E-state index in [1.165, 1.54) is 11.7 Å². The third-order valence-corrected chi connectivity index (χ3v) is 8.91. The number of para-hydroxylation sites is 1. The van der Waals surface area contributed by atoms with Crippen LogP contribution in [0.1, 0.15) is 0 Å². The highest BCUT2D eigenvalue weighted by molar-refractivity contribution is 7.00. The van der Waals surface area contributed by atoms with Gasteiger partial charge < -0.3 is 0 Å². The fourth-order valence-electron chi connectivity index (χ4n) is 6.16. The molecule has 3 heterocycles. The number of pyridine rings is 1. The molecule has 0 amide bonds. The first kappa shape index (κ1) is 27.2. The first-order chi connectivity index (χ1) is 23.3. The summed E-state index contributed by atoms with van der Waals surface area (Å²) in [7, 11) is 0. The standard InChI is InChI=1S/C40H24N6S/c1-4-13-25(14-5-1)28-19-12-20-29(23-28)39-42-38(27-17-8-3-9-18-27)43-40(44-39)32-24-31-34(37-36(32)45-47-46-37)30-21-10-11-22-33(30)41-35(31)26-15-6-2-7-16-26/h1-24H. The minimum Gasteiger partial charge on any atom is -0.247 e. The normalized spacial score (nSPS) is 11.4. The maximum atomic E-state index is 5.17. The summed E-state index contributed by atoms with van der Waals surface area (Å²) in [5.74, 6) is 1.71. The monoisotopic (exact) mass is 620 g/mol. The van der Waals surface area contributed by atoms with Gasteiger partial charge in [0, 0.05) is 38.4 Å². The van der Waals surface area contributed by atoms with Crippen molar-refractivity contribution >= 4 is 44.4 Å². The number of fused-ring (bicyclic) bond motifs is 5. The summed E-state index contributed by atoms with van der Waals surface area (Å²) in [6, 6.07) is 49.3. The van der Waals surface area contributed by atoms with Gasteiger partial charge in [0.05, 0.1) is 22.9 Å². The minimum absolute atomic E-state index is 0.533. The summed E-state index contributed by atoms with van der Waals surface area (Å²) in [6.07, 6.45) is 0. The van der Waals surface area contributed by atoms with Crippen LogP contribution < -0.4 is 0 Å². The van der Waals surface area contributed by atoms with Crippen molar-refractivity contribution in [2.75, 3.05) is 0 Å². The number of benzene rings is 6. The van der Waals surface area contributed by atoms with Crippen LogP contribution in [-0.2, 0) is 0 Å². The lowest BCUT2D eigenvalue weighted by molar-refractivity contribution is 1.08. The van der Waals surface area contributed by atoms with Crippen molar-refractivity contribution in [2.24, 2.45) is 0 Å². The molecule has 0 radical (unpaired) electrons. The van der Waals surface area contributed by atoms with Gasteiger partial charge >= 0.3 is 0 Å². The van der Waals surface area contributed by atoms with Gasteiger partial charge in [-0.25, -0.2) is 19.9 Å². The fraction of sp³-hybridized carbons (Fsp3) is 0. The Morgan fingerprint density at radius 1 is 0.383 bits per heavy atom. The number of nitrogens with zero attached hydrogens (tertiary/aromatic N) is 6. The first-order valence-corrected chi connectivity index (χ1v) is 16.0. The molecule has 6 aromatic carbocycles. The maximum absolute atomic E-state index is 5.17. The Morgan fingerprint density at radius 2 is 0.957 bits per heavy atom. The summed E-state index contributed by atoms with van der Waals surface area (Å²) in [5.41, 5.74) is 9.20. The smallest absolute Gasteiger partial charge is 0.166 e. The predicted molar refractivity (Wildman–Crippen MR) is 191 cm³/mol. The van der Waals surface area contributed by atoms with Crippen molar-refractivity contribution < 1.29 is 0 Å². The van der Waals surface area contributed by atoms with Crippen molar-refractivity contribution in [3.8, 4) is 56.5 Å². The fourth-order valence-corrected chi connectivity index (χ4v) is 6.73. The first-order valence-electron chi connectivity index (χ1n) is 15.3. The van der Waals surface area contributed by atoms with Crippen LogP contribution in [0.5, 0.6) is 0 Å². The second kappa shape index (κ2) is 11.3. The Morgan fingerprint density at radius 3 is 1.72 bits per heavy atom. The summed E-state index contributed by atoms with van der Waals surface area (Å²) in [6.45, 7) is 0. The van der Waals surface area contributed by atoms with Gasteiger partial charge in [0.2, 0.25) is 0 Å². The molecule has 0 spiro atoms. The molecule has 0 bridgehead atoms. The minimum atomic E-state index is 0.533. The molecule has 220 valence electrons. The van der Waals surface area contributed by atoms with Crippen molar-refractivity contribution in [2.45, 2.75) is 0 Å². The van der Waals surface area contributed by atoms with E-state index in [0.717, 1.165) is 71.8 Å². The van der Waals surface area contributed by atoms with Crippen LogP contribution in [0.25, 0.3) is 89.3 Å². The average Bonchev–Trinajstić information content (AvgIpc) is 3.65. The molecule has 0 aliphatic heterocycles. The molecule has 6 nitrogen and oxygen atoms in total. The highest BCUT2D eigenvalue weighted by atomic mass is 32.1. The van der Waals surface area contributed by atoms with Crippen LogP contribution in [-0.4, -0.2) is 28.7 Å². The van der Waals surface area contributed by atoms with Crippen molar-refractivity contribution in [1.29, 1.82) is 0 Å². The van der Waals surface area contributed by atoms with E-state index < -0.39 is 0 Å². The highest BCUT2D eigenvalue weighted by Gasteiger charge is 2.22. The quantitative estimate of drug-likeness (QED) is 0.178. The molecule has 0 aliphatic carbocycles. The molecular formula is C40H24N6S. The van der Waals surface area contributed by atoms with Gasteiger partial charge in [-0.3, -0.25) is 0 Å². The van der Waals surface area contributed by atoms with E-state index in [9.17, 15) is 0 Å². The number of hydrogen-bond donors (Lipinski definition) is 0. The molecular weight excluding hydrogens is 597 g/mol. The summed E-state index contributed by atoms with van der Waals surface area (Å²) >= 11 is 1.20.